The molecule has 0 amide bonds. The van der Waals surface area contributed by atoms with Crippen LogP contribution in [0.5, 0.6) is 0 Å². The molecule has 0 N–H and O–H groups in total. The molecule has 2 aliphatic carbocycles. The number of aryl methyl sites for hydroxylation is 1. The predicted molar refractivity (Wildman–Crippen MR) is 583 cm³/mol. The second-order valence-electron chi connectivity index (χ2n) is 38.5. The standard InChI is InChI=1S/C42H26N2O.C37H24N2O.C26H20N2.C24H18N4/c1-2-11-27(12-3-1)28-21-22-39-34(23-28)35-25-36-33-17-6-9-20-41(33)45-42(36)26-40(35)44(39)30-14-10-13-29(24-30)43-37-18-7-4-15-31(37)32-16-5-8-19-38(32)43;1-23-17-18-34-29(19-23)30-21-31-28-13-4-7-16-36(28)40-37(31)22-35(30)39(34)25-10-8-9-24(20-25)38-32-14-5-2-11-26(32)27-12-3-6-15-33(27)38;1-26(2)21-11-5-3-9-17(21)19-15-20-18-10-4-6-12-23(18)28(24(20)16-22(19)26)25-13-7-8-14-27-25;1-24(2)19-9-5-3-7-15(19)17-11-18-16-8-4-6-10-21(16)28(22(18)12-20(17)24)23-26-13-25-14-27-23/h1-26H;2-22H,1H3;3-16H,1-2H3;3-14H,1-2H3. The third-order valence-electron chi connectivity index (χ3n) is 30.0. The van der Waals surface area contributed by atoms with Crippen LogP contribution in [0.15, 0.2) is 452 Å². The highest BCUT2D eigenvalue weighted by Crippen LogP contribution is 2.54. The van der Waals surface area contributed by atoms with Crippen LogP contribution in [0.25, 0.3) is 243 Å². The number of para-hydroxylation sites is 8. The van der Waals surface area contributed by atoms with Crippen LogP contribution in [0.3, 0.4) is 0 Å². The smallest absolute Gasteiger partial charge is 0.237 e. The minimum absolute atomic E-state index is 0.00842. The Morgan fingerprint density at radius 1 is 0.206 bits per heavy atom. The SMILES string of the molecule is CC1(C)c2ccccc2-c2cc3c4ccccc4n(-c4ccccn4)c3cc21.CC1(C)c2ccccc2-c2cc3c4ccccc4n(-c4ncncn4)c3cc21.Cc1ccc2c(c1)c1cc3c(cc1n2-c1cccc(-n2c4ccccc4c4ccccc42)c1)oc1ccccc13.c1ccc(-c2ccc3c(c2)c2cc4c(cc2n3-c2cccc(-n3c5ccccc5c5ccccc53)c2)oc2ccccc24)cc1. The highest BCUT2D eigenvalue weighted by molar-refractivity contribution is 6.21. The van der Waals surface area contributed by atoms with Crippen LogP contribution in [0.4, 0.5) is 0 Å². The first kappa shape index (κ1) is 81.1. The van der Waals surface area contributed by atoms with E-state index < -0.39 is 0 Å². The number of furan rings is 2. The molecule has 0 bridgehead atoms. The van der Waals surface area contributed by atoms with E-state index in [0.29, 0.717) is 5.95 Å². The second-order valence-corrected chi connectivity index (χ2v) is 38.5. The lowest BCUT2D eigenvalue weighted by molar-refractivity contribution is 0.661. The number of fused-ring (bicyclic) bond motifs is 30. The zero-order chi connectivity index (χ0) is 93.6. The van der Waals surface area contributed by atoms with Crippen molar-refractivity contribution in [2.24, 2.45) is 0 Å². The van der Waals surface area contributed by atoms with E-state index in [-0.39, 0.29) is 10.8 Å². The fourth-order valence-corrected chi connectivity index (χ4v) is 23.5. The molecule has 10 heterocycles. The molecule has 12 nitrogen and oxygen atoms in total. The van der Waals surface area contributed by atoms with Gasteiger partial charge in [0.1, 0.15) is 40.8 Å². The first-order chi connectivity index (χ1) is 69.4. The Hall–Kier alpha value is -18.3. The van der Waals surface area contributed by atoms with Gasteiger partial charge in [-0.1, -0.05) is 288 Å². The van der Waals surface area contributed by atoms with Crippen LogP contribution < -0.4 is 0 Å². The van der Waals surface area contributed by atoms with Crippen LogP contribution in [-0.2, 0) is 10.8 Å². The summed E-state index contributed by atoms with van der Waals surface area (Å²) in [6.07, 6.45) is 4.97. The van der Waals surface area contributed by atoms with E-state index in [0.717, 1.165) is 94.5 Å². The summed E-state index contributed by atoms with van der Waals surface area (Å²) in [5, 5.41) is 19.6. The number of hydrogen-bond acceptors (Lipinski definition) is 6. The lowest BCUT2D eigenvalue weighted by Crippen LogP contribution is -2.15. The summed E-state index contributed by atoms with van der Waals surface area (Å²) in [4.78, 5) is 17.5. The number of aromatic nitrogens is 10. The zero-order valence-electron chi connectivity index (χ0n) is 77.9. The molecule has 0 fully saturated rings. The van der Waals surface area contributed by atoms with Crippen molar-refractivity contribution in [1.82, 2.24) is 47.3 Å². The maximum Gasteiger partial charge on any atom is 0.237 e. The van der Waals surface area contributed by atoms with Crippen LogP contribution in [0.1, 0.15) is 55.5 Å². The topological polar surface area (TPSA) is 107 Å². The number of rotatable bonds is 7. The van der Waals surface area contributed by atoms with Gasteiger partial charge in [0.15, 0.2) is 0 Å². The molecule has 19 aromatic carbocycles. The molecule has 0 radical (unpaired) electrons. The van der Waals surface area contributed by atoms with Gasteiger partial charge >= 0.3 is 0 Å². The molecular formula is C129H88N10O2. The van der Waals surface area contributed by atoms with Crippen LogP contribution in [0, 0.1) is 6.92 Å². The molecule has 0 atom stereocenters. The number of nitrogens with zero attached hydrogens (tertiary/aromatic N) is 10. The number of hydrogen-bond donors (Lipinski definition) is 0. The largest absolute Gasteiger partial charge is 0.456 e. The van der Waals surface area contributed by atoms with Crippen molar-refractivity contribution in [2.45, 2.75) is 45.4 Å². The van der Waals surface area contributed by atoms with Gasteiger partial charge in [-0.25, -0.2) is 19.9 Å². The van der Waals surface area contributed by atoms with Gasteiger partial charge in [-0.05, 0) is 220 Å². The van der Waals surface area contributed by atoms with Gasteiger partial charge in [0.2, 0.25) is 5.95 Å². The highest BCUT2D eigenvalue weighted by atomic mass is 16.3. The summed E-state index contributed by atoms with van der Waals surface area (Å²) >= 11 is 0. The van der Waals surface area contributed by atoms with Crippen LogP contribution in [-0.4, -0.2) is 47.3 Å². The lowest BCUT2D eigenvalue weighted by atomic mass is 9.82. The molecule has 0 saturated heterocycles. The Morgan fingerprint density at radius 3 is 1.03 bits per heavy atom. The molecule has 0 spiro atoms. The zero-order valence-corrected chi connectivity index (χ0v) is 77.9. The van der Waals surface area contributed by atoms with E-state index >= 15 is 0 Å². The molecule has 141 heavy (non-hydrogen) atoms. The van der Waals surface area contributed by atoms with Crippen LogP contribution >= 0.6 is 0 Å². The third kappa shape index (κ3) is 12.5. The first-order valence-electron chi connectivity index (χ1n) is 48.3. The molecule has 0 saturated carbocycles. The monoisotopic (exact) mass is 1810 g/mol. The van der Waals surface area contributed by atoms with E-state index in [1.807, 2.05) is 30.5 Å². The van der Waals surface area contributed by atoms with Gasteiger partial charge in [0.25, 0.3) is 0 Å². The van der Waals surface area contributed by atoms with Crippen molar-refractivity contribution >= 4 is 175 Å². The molecule has 0 aliphatic heterocycles. The summed E-state index contributed by atoms with van der Waals surface area (Å²) in [7, 11) is 0. The normalized spacial score (nSPS) is 13.0. The summed E-state index contributed by atoms with van der Waals surface area (Å²) in [6, 6.07) is 153. The molecule has 666 valence electrons. The molecule has 0 unspecified atom stereocenters. The van der Waals surface area contributed by atoms with E-state index in [4.69, 9.17) is 8.83 Å². The Balaban J connectivity index is 0.0000000940. The Labute approximate surface area is 810 Å². The summed E-state index contributed by atoms with van der Waals surface area (Å²) in [5.41, 5.74) is 36.8. The minimum atomic E-state index is -0.0412. The summed E-state index contributed by atoms with van der Waals surface area (Å²) in [5.74, 6) is 1.61. The lowest BCUT2D eigenvalue weighted by Gasteiger charge is -2.21. The third-order valence-corrected chi connectivity index (χ3v) is 30.0. The van der Waals surface area contributed by atoms with Gasteiger partial charge in [0, 0.05) is 138 Å². The molecule has 12 heteroatoms. The van der Waals surface area contributed by atoms with Crippen LogP contribution in [0.2, 0.25) is 0 Å². The summed E-state index contributed by atoms with van der Waals surface area (Å²) < 4.78 is 26.7. The van der Waals surface area contributed by atoms with E-state index in [1.54, 1.807) is 12.7 Å². The molecular weight excluding hydrogens is 1720 g/mol. The van der Waals surface area contributed by atoms with E-state index in [1.165, 1.54) is 170 Å². The van der Waals surface area contributed by atoms with Crippen molar-refractivity contribution in [3.8, 4) is 67.9 Å². The van der Waals surface area contributed by atoms with Gasteiger partial charge in [-0.15, -0.1) is 0 Å². The first-order valence-corrected chi connectivity index (χ1v) is 48.3. The highest BCUT2D eigenvalue weighted by Gasteiger charge is 2.39. The van der Waals surface area contributed by atoms with E-state index in [2.05, 4.69) is 482 Å². The van der Waals surface area contributed by atoms with Crippen molar-refractivity contribution in [3.05, 3.63) is 471 Å². The minimum Gasteiger partial charge on any atom is -0.456 e. The van der Waals surface area contributed by atoms with Crippen molar-refractivity contribution in [2.75, 3.05) is 0 Å². The summed E-state index contributed by atoms with van der Waals surface area (Å²) in [6.45, 7) is 11.4. The Morgan fingerprint density at radius 2 is 0.560 bits per heavy atom. The fourth-order valence-electron chi connectivity index (χ4n) is 23.5. The number of benzene rings is 19. The van der Waals surface area contributed by atoms with Gasteiger partial charge in [0.05, 0.1) is 66.2 Å². The van der Waals surface area contributed by atoms with Crippen molar-refractivity contribution in [3.63, 3.8) is 0 Å². The molecule has 29 aromatic rings. The van der Waals surface area contributed by atoms with Gasteiger partial charge < -0.3 is 27.1 Å². The average Bonchev–Trinajstić information content (AvgIpc) is 1.55. The number of pyridine rings is 1. The Bertz CT molecular complexity index is 9920. The van der Waals surface area contributed by atoms with E-state index in [9.17, 15) is 0 Å². The Kier molecular flexibility index (Phi) is 18.1. The maximum atomic E-state index is 6.40. The molecule has 10 aromatic heterocycles. The average molecular weight is 1810 g/mol. The molecule has 31 rings (SSSR count). The van der Waals surface area contributed by atoms with Crippen molar-refractivity contribution < 1.29 is 8.83 Å². The second kappa shape index (κ2) is 31.4. The maximum absolute atomic E-state index is 6.40. The van der Waals surface area contributed by atoms with Crippen molar-refractivity contribution in [1.29, 1.82) is 0 Å². The molecule has 2 aliphatic rings. The van der Waals surface area contributed by atoms with Gasteiger partial charge in [-0.3, -0.25) is 9.13 Å². The quantitative estimate of drug-likeness (QED) is 0.157. The predicted octanol–water partition coefficient (Wildman–Crippen LogP) is 33.3. The fraction of sp³-hybridized carbons (Fsp3) is 0.0543. The van der Waals surface area contributed by atoms with Gasteiger partial charge in [-0.2, -0.15) is 0 Å².